The van der Waals surface area contributed by atoms with Crippen LogP contribution in [0, 0.1) is 5.41 Å². The highest BCUT2D eigenvalue weighted by Gasteiger charge is 2.47. The van der Waals surface area contributed by atoms with Gasteiger partial charge in [-0.1, -0.05) is 12.8 Å². The Morgan fingerprint density at radius 3 is 2.76 bits per heavy atom. The maximum Gasteiger partial charge on any atom is 0.0631 e. The largest absolute Gasteiger partial charge is 0.393 e. The number of nitrogens with zero attached hydrogens (tertiary/aromatic N) is 2. The number of aliphatic hydroxyl groups excluding tert-OH is 1. The van der Waals surface area contributed by atoms with Gasteiger partial charge in [-0.15, -0.1) is 0 Å². The topological polar surface area (TPSA) is 38.0 Å². The van der Waals surface area contributed by atoms with Gasteiger partial charge in [0, 0.05) is 11.6 Å². The van der Waals surface area contributed by atoms with Crippen molar-refractivity contribution in [2.75, 3.05) is 0 Å². The van der Waals surface area contributed by atoms with Gasteiger partial charge in [0.15, 0.2) is 0 Å². The van der Waals surface area contributed by atoms with Crippen LogP contribution in [0.5, 0.6) is 0 Å². The molecule has 1 N–H and O–H groups in total. The zero-order chi connectivity index (χ0) is 11.9. The summed E-state index contributed by atoms with van der Waals surface area (Å²) < 4.78 is 2.15. The Kier molecular flexibility index (Phi) is 2.74. The Morgan fingerprint density at radius 2 is 2.18 bits per heavy atom. The first-order valence-corrected chi connectivity index (χ1v) is 6.92. The van der Waals surface area contributed by atoms with Crippen LogP contribution in [0.3, 0.4) is 0 Å². The fourth-order valence-electron chi connectivity index (χ4n) is 3.11. The van der Waals surface area contributed by atoms with Crippen molar-refractivity contribution in [2.24, 2.45) is 5.41 Å². The average molecular weight is 234 g/mol. The molecule has 2 aliphatic rings. The van der Waals surface area contributed by atoms with Crippen molar-refractivity contribution in [1.82, 2.24) is 9.78 Å². The molecule has 17 heavy (non-hydrogen) atoms. The van der Waals surface area contributed by atoms with Gasteiger partial charge in [-0.25, -0.2) is 0 Å². The molecule has 3 heteroatoms. The number of rotatable bonds is 4. The van der Waals surface area contributed by atoms with Gasteiger partial charge < -0.3 is 5.11 Å². The molecule has 0 amide bonds. The molecule has 3 nitrogen and oxygen atoms in total. The number of aliphatic hydroxyl groups is 1. The Hall–Kier alpha value is -0.830. The standard InChI is InChI=1S/C14H22N2O/c1-11(17)14(7-8-14)10-12-6-9-16(15-12)13-4-2-3-5-13/h6,9,11,13,17H,2-5,7-8,10H2,1H3. The van der Waals surface area contributed by atoms with Gasteiger partial charge in [-0.2, -0.15) is 5.10 Å². The van der Waals surface area contributed by atoms with Gasteiger partial charge in [0.25, 0.3) is 0 Å². The average Bonchev–Trinajstić information content (AvgIpc) is 2.76. The molecular weight excluding hydrogens is 212 g/mol. The number of hydrogen-bond donors (Lipinski definition) is 1. The molecule has 1 unspecified atom stereocenters. The van der Waals surface area contributed by atoms with Crippen molar-refractivity contribution in [2.45, 2.75) is 64.0 Å². The van der Waals surface area contributed by atoms with Crippen LogP contribution in [0.15, 0.2) is 12.3 Å². The van der Waals surface area contributed by atoms with Crippen molar-refractivity contribution in [3.63, 3.8) is 0 Å². The normalized spacial score (nSPS) is 25.1. The summed E-state index contributed by atoms with van der Waals surface area (Å²) in [6.45, 7) is 1.92. The Balaban J connectivity index is 1.68. The fraction of sp³-hybridized carbons (Fsp3) is 0.786. The molecule has 2 aliphatic carbocycles. The monoisotopic (exact) mass is 234 g/mol. The van der Waals surface area contributed by atoms with Crippen LogP contribution in [-0.2, 0) is 6.42 Å². The van der Waals surface area contributed by atoms with E-state index in [1.165, 1.54) is 25.7 Å². The summed E-state index contributed by atoms with van der Waals surface area (Å²) in [6.07, 6.45) is 10.4. The lowest BCUT2D eigenvalue weighted by Gasteiger charge is -2.17. The summed E-state index contributed by atoms with van der Waals surface area (Å²) in [7, 11) is 0. The first kappa shape index (κ1) is 11.3. The maximum atomic E-state index is 9.79. The van der Waals surface area contributed by atoms with Crippen LogP contribution >= 0.6 is 0 Å². The molecule has 0 bridgehead atoms. The number of aromatic nitrogens is 2. The molecule has 0 spiro atoms. The molecule has 0 aliphatic heterocycles. The van der Waals surface area contributed by atoms with E-state index in [2.05, 4.69) is 16.9 Å². The first-order chi connectivity index (χ1) is 8.20. The van der Waals surface area contributed by atoms with E-state index in [9.17, 15) is 5.11 Å². The zero-order valence-electron chi connectivity index (χ0n) is 10.6. The van der Waals surface area contributed by atoms with Crippen LogP contribution in [0.2, 0.25) is 0 Å². The SMILES string of the molecule is CC(O)C1(Cc2ccn(C3CCCC3)n2)CC1. The molecule has 1 heterocycles. The third-order valence-electron chi connectivity index (χ3n) is 4.67. The summed E-state index contributed by atoms with van der Waals surface area (Å²) in [5.74, 6) is 0. The molecule has 2 fully saturated rings. The minimum absolute atomic E-state index is 0.148. The molecule has 0 saturated heterocycles. The minimum atomic E-state index is -0.195. The van der Waals surface area contributed by atoms with E-state index in [0.717, 1.165) is 25.0 Å². The number of hydrogen-bond acceptors (Lipinski definition) is 2. The van der Waals surface area contributed by atoms with Gasteiger partial charge >= 0.3 is 0 Å². The van der Waals surface area contributed by atoms with Gasteiger partial charge in [0.05, 0.1) is 17.8 Å². The van der Waals surface area contributed by atoms with Crippen molar-refractivity contribution in [3.8, 4) is 0 Å². The smallest absolute Gasteiger partial charge is 0.0631 e. The summed E-state index contributed by atoms with van der Waals surface area (Å²) in [4.78, 5) is 0. The van der Waals surface area contributed by atoms with Crippen molar-refractivity contribution in [1.29, 1.82) is 0 Å². The molecule has 0 radical (unpaired) electrons. The van der Waals surface area contributed by atoms with E-state index < -0.39 is 0 Å². The third kappa shape index (κ3) is 2.13. The molecule has 0 aromatic carbocycles. The van der Waals surface area contributed by atoms with Gasteiger partial charge in [-0.05, 0) is 45.1 Å². The third-order valence-corrected chi connectivity index (χ3v) is 4.67. The minimum Gasteiger partial charge on any atom is -0.393 e. The first-order valence-electron chi connectivity index (χ1n) is 6.92. The quantitative estimate of drug-likeness (QED) is 0.869. The lowest BCUT2D eigenvalue weighted by molar-refractivity contribution is 0.109. The van der Waals surface area contributed by atoms with E-state index in [0.29, 0.717) is 6.04 Å². The summed E-state index contributed by atoms with van der Waals surface area (Å²) >= 11 is 0. The second kappa shape index (κ2) is 4.13. The lowest BCUT2D eigenvalue weighted by Crippen LogP contribution is -2.21. The predicted molar refractivity (Wildman–Crippen MR) is 66.8 cm³/mol. The second-order valence-corrected chi connectivity index (χ2v) is 5.94. The van der Waals surface area contributed by atoms with Gasteiger partial charge in [0.1, 0.15) is 0 Å². The molecule has 1 atom stereocenters. The van der Waals surface area contributed by atoms with Crippen LogP contribution in [0.1, 0.15) is 57.2 Å². The summed E-state index contributed by atoms with van der Waals surface area (Å²) in [5.41, 5.74) is 1.31. The summed E-state index contributed by atoms with van der Waals surface area (Å²) in [5, 5.41) is 14.5. The summed E-state index contributed by atoms with van der Waals surface area (Å²) in [6, 6.07) is 2.77. The van der Waals surface area contributed by atoms with Crippen LogP contribution in [0.4, 0.5) is 0 Å². The fourth-order valence-corrected chi connectivity index (χ4v) is 3.11. The van der Waals surface area contributed by atoms with Gasteiger partial charge in [0.2, 0.25) is 0 Å². The van der Waals surface area contributed by atoms with Crippen LogP contribution < -0.4 is 0 Å². The van der Waals surface area contributed by atoms with Gasteiger partial charge in [-0.3, -0.25) is 4.68 Å². The lowest BCUT2D eigenvalue weighted by atomic mass is 9.95. The van der Waals surface area contributed by atoms with Crippen molar-refractivity contribution in [3.05, 3.63) is 18.0 Å². The van der Waals surface area contributed by atoms with E-state index >= 15 is 0 Å². The van der Waals surface area contributed by atoms with E-state index in [1.807, 2.05) is 6.92 Å². The second-order valence-electron chi connectivity index (χ2n) is 5.94. The Morgan fingerprint density at radius 1 is 1.47 bits per heavy atom. The van der Waals surface area contributed by atoms with Crippen LogP contribution in [-0.4, -0.2) is 21.0 Å². The molecule has 1 aromatic heterocycles. The zero-order valence-corrected chi connectivity index (χ0v) is 10.6. The van der Waals surface area contributed by atoms with E-state index in [-0.39, 0.29) is 11.5 Å². The maximum absolute atomic E-state index is 9.79. The Bertz CT molecular complexity index is 387. The van der Waals surface area contributed by atoms with Crippen molar-refractivity contribution >= 4 is 0 Å². The van der Waals surface area contributed by atoms with E-state index in [4.69, 9.17) is 5.10 Å². The van der Waals surface area contributed by atoms with Crippen molar-refractivity contribution < 1.29 is 5.11 Å². The molecule has 1 aromatic rings. The molecular formula is C14H22N2O. The predicted octanol–water partition coefficient (Wildman–Crippen LogP) is 2.70. The highest BCUT2D eigenvalue weighted by molar-refractivity contribution is 5.10. The highest BCUT2D eigenvalue weighted by atomic mass is 16.3. The Labute approximate surface area is 103 Å². The highest BCUT2D eigenvalue weighted by Crippen LogP contribution is 2.51. The van der Waals surface area contributed by atoms with E-state index in [1.54, 1.807) is 0 Å². The molecule has 94 valence electrons. The molecule has 3 rings (SSSR count). The van der Waals surface area contributed by atoms with Crippen LogP contribution in [0.25, 0.3) is 0 Å². The molecule has 2 saturated carbocycles.